The normalized spacial score (nSPS) is 10.1. The highest BCUT2D eigenvalue weighted by Gasteiger charge is 2.12. The van der Waals surface area contributed by atoms with E-state index in [1.165, 1.54) is 18.2 Å². The first kappa shape index (κ1) is 15.7. The van der Waals surface area contributed by atoms with Crippen molar-refractivity contribution in [1.82, 2.24) is 0 Å². The number of nitrogens with one attached hydrogen (secondary N) is 2. The van der Waals surface area contributed by atoms with Crippen LogP contribution in [-0.2, 0) is 9.59 Å². The molecule has 0 aliphatic rings. The molecular weight excluding hydrogens is 283 g/mol. The quantitative estimate of drug-likeness (QED) is 0.850. The van der Waals surface area contributed by atoms with Crippen LogP contribution in [0.5, 0.6) is 0 Å². The Kier molecular flexibility index (Phi) is 4.88. The summed E-state index contributed by atoms with van der Waals surface area (Å²) in [7, 11) is 0. The Balaban J connectivity index is 1.96. The minimum Gasteiger partial charge on any atom is -0.325 e. The van der Waals surface area contributed by atoms with Gasteiger partial charge in [-0.1, -0.05) is 24.3 Å². The molecular formula is C17H17FN2O2. The fourth-order valence-electron chi connectivity index (χ4n) is 1.97. The van der Waals surface area contributed by atoms with Crippen LogP contribution in [0.3, 0.4) is 0 Å². The van der Waals surface area contributed by atoms with Crippen LogP contribution in [0.15, 0.2) is 42.5 Å². The molecule has 0 aromatic heterocycles. The molecule has 0 saturated heterocycles. The molecule has 5 heteroatoms. The van der Waals surface area contributed by atoms with Gasteiger partial charge in [-0.25, -0.2) is 4.39 Å². The van der Waals surface area contributed by atoms with E-state index in [2.05, 4.69) is 10.6 Å². The number of rotatable bonds is 4. The lowest BCUT2D eigenvalue weighted by atomic mass is 10.1. The van der Waals surface area contributed by atoms with Crippen molar-refractivity contribution in [3.63, 3.8) is 0 Å². The summed E-state index contributed by atoms with van der Waals surface area (Å²) in [5.74, 6) is -1.54. The monoisotopic (exact) mass is 300 g/mol. The lowest BCUT2D eigenvalue weighted by Crippen LogP contribution is -2.22. The van der Waals surface area contributed by atoms with Crippen molar-refractivity contribution in [2.24, 2.45) is 0 Å². The van der Waals surface area contributed by atoms with Crippen LogP contribution in [-0.4, -0.2) is 11.8 Å². The number of amides is 2. The zero-order chi connectivity index (χ0) is 16.1. The molecule has 114 valence electrons. The molecule has 0 saturated carbocycles. The van der Waals surface area contributed by atoms with Crippen molar-refractivity contribution in [2.75, 3.05) is 10.6 Å². The summed E-state index contributed by atoms with van der Waals surface area (Å²) < 4.78 is 13.4. The molecule has 0 aliphatic carbocycles. The molecule has 0 heterocycles. The molecule has 0 aliphatic heterocycles. The summed E-state index contributed by atoms with van der Waals surface area (Å²) in [6, 6.07) is 11.5. The molecule has 0 radical (unpaired) electrons. The van der Waals surface area contributed by atoms with Crippen molar-refractivity contribution in [2.45, 2.75) is 20.3 Å². The molecule has 0 spiro atoms. The maximum atomic E-state index is 13.4. The maximum absolute atomic E-state index is 13.4. The lowest BCUT2D eigenvalue weighted by Gasteiger charge is -2.10. The van der Waals surface area contributed by atoms with Gasteiger partial charge < -0.3 is 10.6 Å². The van der Waals surface area contributed by atoms with Crippen LogP contribution >= 0.6 is 0 Å². The van der Waals surface area contributed by atoms with Crippen molar-refractivity contribution in [3.8, 4) is 0 Å². The van der Waals surface area contributed by atoms with Gasteiger partial charge >= 0.3 is 0 Å². The van der Waals surface area contributed by atoms with Gasteiger partial charge in [0.25, 0.3) is 0 Å². The number of halogens is 1. The summed E-state index contributed by atoms with van der Waals surface area (Å²) in [5.41, 5.74) is 2.65. The summed E-state index contributed by atoms with van der Waals surface area (Å²) in [6.07, 6.45) is -0.373. The third-order valence-electron chi connectivity index (χ3n) is 3.14. The average Bonchev–Trinajstić information content (AvgIpc) is 2.45. The number of carbonyl (C=O) groups is 2. The van der Waals surface area contributed by atoms with E-state index in [4.69, 9.17) is 0 Å². The van der Waals surface area contributed by atoms with Crippen LogP contribution in [0.4, 0.5) is 15.8 Å². The van der Waals surface area contributed by atoms with E-state index in [-0.39, 0.29) is 12.1 Å². The zero-order valence-electron chi connectivity index (χ0n) is 12.4. The second-order valence-corrected chi connectivity index (χ2v) is 5.07. The summed E-state index contributed by atoms with van der Waals surface area (Å²) in [4.78, 5) is 23.7. The van der Waals surface area contributed by atoms with Gasteiger partial charge in [0.2, 0.25) is 11.8 Å². The molecule has 2 N–H and O–H groups in total. The average molecular weight is 300 g/mol. The lowest BCUT2D eigenvalue weighted by molar-refractivity contribution is -0.123. The third-order valence-corrected chi connectivity index (χ3v) is 3.14. The van der Waals surface area contributed by atoms with Crippen LogP contribution in [0.1, 0.15) is 17.5 Å². The molecule has 2 aromatic carbocycles. The van der Waals surface area contributed by atoms with Gasteiger partial charge in [0.15, 0.2) is 0 Å². The number of benzene rings is 2. The van der Waals surface area contributed by atoms with E-state index in [1.807, 2.05) is 32.0 Å². The Bertz CT molecular complexity index is 714. The van der Waals surface area contributed by atoms with E-state index in [9.17, 15) is 14.0 Å². The smallest absolute Gasteiger partial charge is 0.233 e. The number of carbonyl (C=O) groups excluding carboxylic acids is 2. The molecule has 2 rings (SSSR count). The van der Waals surface area contributed by atoms with Crippen LogP contribution < -0.4 is 10.6 Å². The Morgan fingerprint density at radius 3 is 2.27 bits per heavy atom. The first-order valence-corrected chi connectivity index (χ1v) is 6.87. The SMILES string of the molecule is Cc1ccc(C)c(NC(=O)CC(=O)Nc2ccccc2F)c1. The minimum atomic E-state index is -0.562. The maximum Gasteiger partial charge on any atom is 0.233 e. The van der Waals surface area contributed by atoms with Gasteiger partial charge in [-0.3, -0.25) is 9.59 Å². The fourth-order valence-corrected chi connectivity index (χ4v) is 1.97. The minimum absolute atomic E-state index is 0.0621. The van der Waals surface area contributed by atoms with E-state index >= 15 is 0 Å². The Hall–Kier alpha value is -2.69. The van der Waals surface area contributed by atoms with Gasteiger partial charge in [-0.2, -0.15) is 0 Å². The van der Waals surface area contributed by atoms with Crippen molar-refractivity contribution < 1.29 is 14.0 Å². The Labute approximate surface area is 128 Å². The van der Waals surface area contributed by atoms with Crippen molar-refractivity contribution in [1.29, 1.82) is 0 Å². The summed E-state index contributed by atoms with van der Waals surface area (Å²) in [5, 5.41) is 5.07. The molecule has 0 bridgehead atoms. The highest BCUT2D eigenvalue weighted by atomic mass is 19.1. The number of aryl methyl sites for hydroxylation is 2. The van der Waals surface area contributed by atoms with E-state index < -0.39 is 17.6 Å². The molecule has 0 fully saturated rings. The van der Waals surface area contributed by atoms with Gasteiger partial charge in [0, 0.05) is 5.69 Å². The number of hydrogen-bond acceptors (Lipinski definition) is 2. The number of para-hydroxylation sites is 1. The first-order chi connectivity index (χ1) is 10.5. The molecule has 2 amide bonds. The van der Waals surface area contributed by atoms with E-state index in [0.29, 0.717) is 5.69 Å². The predicted molar refractivity (Wildman–Crippen MR) is 84.2 cm³/mol. The molecule has 0 unspecified atom stereocenters. The second kappa shape index (κ2) is 6.85. The third kappa shape index (κ3) is 4.15. The van der Waals surface area contributed by atoms with Crippen LogP contribution in [0.2, 0.25) is 0 Å². The first-order valence-electron chi connectivity index (χ1n) is 6.87. The van der Waals surface area contributed by atoms with Gasteiger partial charge in [0.05, 0.1) is 5.69 Å². The highest BCUT2D eigenvalue weighted by Crippen LogP contribution is 2.17. The summed E-state index contributed by atoms with van der Waals surface area (Å²) in [6.45, 7) is 3.79. The molecule has 2 aromatic rings. The van der Waals surface area contributed by atoms with Crippen molar-refractivity contribution >= 4 is 23.2 Å². The Morgan fingerprint density at radius 1 is 0.955 bits per heavy atom. The van der Waals surface area contributed by atoms with E-state index in [1.54, 1.807) is 6.07 Å². The largest absolute Gasteiger partial charge is 0.325 e. The fraction of sp³-hybridized carbons (Fsp3) is 0.176. The van der Waals surface area contributed by atoms with Crippen LogP contribution in [0, 0.1) is 19.7 Å². The van der Waals surface area contributed by atoms with Crippen LogP contribution in [0.25, 0.3) is 0 Å². The van der Waals surface area contributed by atoms with E-state index in [0.717, 1.165) is 11.1 Å². The number of hydrogen-bond donors (Lipinski definition) is 2. The number of anilines is 2. The predicted octanol–water partition coefficient (Wildman–Crippen LogP) is 3.41. The summed E-state index contributed by atoms with van der Waals surface area (Å²) >= 11 is 0. The topological polar surface area (TPSA) is 58.2 Å². The highest BCUT2D eigenvalue weighted by molar-refractivity contribution is 6.08. The van der Waals surface area contributed by atoms with Crippen molar-refractivity contribution in [3.05, 3.63) is 59.4 Å². The van der Waals surface area contributed by atoms with Gasteiger partial charge in [-0.05, 0) is 43.2 Å². The molecule has 22 heavy (non-hydrogen) atoms. The van der Waals surface area contributed by atoms with Gasteiger partial charge in [0.1, 0.15) is 12.2 Å². The second-order valence-electron chi connectivity index (χ2n) is 5.07. The molecule has 4 nitrogen and oxygen atoms in total. The standard InChI is InChI=1S/C17H17FN2O2/c1-11-7-8-12(2)15(9-11)20-17(22)10-16(21)19-14-6-4-3-5-13(14)18/h3-9H,10H2,1-2H3,(H,19,21)(H,20,22). The van der Waals surface area contributed by atoms with Gasteiger partial charge in [-0.15, -0.1) is 0 Å². The molecule has 0 atom stereocenters. The zero-order valence-corrected chi connectivity index (χ0v) is 12.4. The Morgan fingerprint density at radius 2 is 1.59 bits per heavy atom.